The van der Waals surface area contributed by atoms with Crippen molar-refractivity contribution in [2.24, 2.45) is 0 Å². The molecule has 4 nitrogen and oxygen atoms in total. The number of piperidine rings is 1. The SMILES string of the molecule is CC(=O)OCCN1CCCCC1C(=O)Cc1c(C)cccc1C. The van der Waals surface area contributed by atoms with Crippen molar-refractivity contribution in [1.82, 2.24) is 4.90 Å². The van der Waals surface area contributed by atoms with Crippen LogP contribution in [0.3, 0.4) is 0 Å². The van der Waals surface area contributed by atoms with Gasteiger partial charge in [0.05, 0.1) is 6.04 Å². The summed E-state index contributed by atoms with van der Waals surface area (Å²) in [4.78, 5) is 25.9. The number of aryl methyl sites for hydroxylation is 2. The standard InChI is InChI=1S/C19H27NO3/c1-14-7-6-8-15(2)17(14)13-19(22)18-9-4-5-10-20(18)11-12-23-16(3)21/h6-8,18H,4-5,9-13H2,1-3H3. The molecule has 23 heavy (non-hydrogen) atoms. The lowest BCUT2D eigenvalue weighted by atomic mass is 9.91. The fourth-order valence-corrected chi connectivity index (χ4v) is 3.35. The predicted molar refractivity (Wildman–Crippen MR) is 90.5 cm³/mol. The Morgan fingerprint density at radius 1 is 1.22 bits per heavy atom. The second-order valence-corrected chi connectivity index (χ2v) is 6.40. The van der Waals surface area contributed by atoms with Crippen molar-refractivity contribution in [3.63, 3.8) is 0 Å². The van der Waals surface area contributed by atoms with Crippen molar-refractivity contribution in [3.05, 3.63) is 34.9 Å². The summed E-state index contributed by atoms with van der Waals surface area (Å²) < 4.78 is 5.04. The molecule has 1 atom stereocenters. The fourth-order valence-electron chi connectivity index (χ4n) is 3.35. The van der Waals surface area contributed by atoms with E-state index in [1.54, 1.807) is 0 Å². The maximum atomic E-state index is 12.8. The third kappa shape index (κ3) is 4.90. The highest BCUT2D eigenvalue weighted by molar-refractivity contribution is 5.86. The second-order valence-electron chi connectivity index (χ2n) is 6.40. The number of nitrogens with zero attached hydrogens (tertiary/aromatic N) is 1. The molecule has 1 aliphatic heterocycles. The zero-order valence-corrected chi connectivity index (χ0v) is 14.4. The summed E-state index contributed by atoms with van der Waals surface area (Å²) in [7, 11) is 0. The number of hydrogen-bond acceptors (Lipinski definition) is 4. The van der Waals surface area contributed by atoms with Gasteiger partial charge in [-0.1, -0.05) is 24.6 Å². The van der Waals surface area contributed by atoms with Gasteiger partial charge in [0.15, 0.2) is 5.78 Å². The quantitative estimate of drug-likeness (QED) is 0.757. The van der Waals surface area contributed by atoms with E-state index in [0.29, 0.717) is 19.6 Å². The molecular formula is C19H27NO3. The van der Waals surface area contributed by atoms with E-state index >= 15 is 0 Å². The van der Waals surface area contributed by atoms with Gasteiger partial charge in [0.2, 0.25) is 0 Å². The average molecular weight is 317 g/mol. The molecule has 0 saturated carbocycles. The summed E-state index contributed by atoms with van der Waals surface area (Å²) in [5.74, 6) is 0.0188. The second kappa shape index (κ2) is 8.25. The van der Waals surface area contributed by atoms with Crippen molar-refractivity contribution in [2.75, 3.05) is 19.7 Å². The number of Topliss-reactive ketones (excluding diaryl/α,β-unsaturated/α-hetero) is 1. The van der Waals surface area contributed by atoms with E-state index in [1.165, 1.54) is 18.1 Å². The van der Waals surface area contributed by atoms with Gasteiger partial charge in [-0.25, -0.2) is 0 Å². The molecule has 126 valence electrons. The lowest BCUT2D eigenvalue weighted by molar-refractivity contribution is -0.141. The third-order valence-electron chi connectivity index (χ3n) is 4.66. The summed E-state index contributed by atoms with van der Waals surface area (Å²) >= 11 is 0. The van der Waals surface area contributed by atoms with Crippen LogP contribution in [0.2, 0.25) is 0 Å². The van der Waals surface area contributed by atoms with Crippen molar-refractivity contribution in [3.8, 4) is 0 Å². The number of rotatable bonds is 6. The van der Waals surface area contributed by atoms with Gasteiger partial charge in [0.25, 0.3) is 0 Å². The number of esters is 1. The van der Waals surface area contributed by atoms with Crippen LogP contribution in [0, 0.1) is 13.8 Å². The van der Waals surface area contributed by atoms with Crippen molar-refractivity contribution < 1.29 is 14.3 Å². The Bertz CT molecular complexity index is 547. The highest BCUT2D eigenvalue weighted by Gasteiger charge is 2.28. The van der Waals surface area contributed by atoms with E-state index in [9.17, 15) is 9.59 Å². The van der Waals surface area contributed by atoms with Gasteiger partial charge < -0.3 is 4.74 Å². The number of carbonyl (C=O) groups excluding carboxylic acids is 2. The van der Waals surface area contributed by atoms with Crippen LogP contribution in [0.1, 0.15) is 42.9 Å². The molecular weight excluding hydrogens is 290 g/mol. The Labute approximate surface area is 138 Å². The summed E-state index contributed by atoms with van der Waals surface area (Å²) in [6.45, 7) is 7.46. The van der Waals surface area contributed by atoms with Crippen LogP contribution in [-0.2, 0) is 20.7 Å². The highest BCUT2D eigenvalue weighted by atomic mass is 16.5. The van der Waals surface area contributed by atoms with E-state index in [4.69, 9.17) is 4.74 Å². The van der Waals surface area contributed by atoms with Crippen LogP contribution < -0.4 is 0 Å². The van der Waals surface area contributed by atoms with Gasteiger partial charge in [-0.05, 0) is 49.9 Å². The largest absolute Gasteiger partial charge is 0.465 e. The normalized spacial score (nSPS) is 18.7. The molecule has 1 saturated heterocycles. The Morgan fingerprint density at radius 2 is 1.91 bits per heavy atom. The molecule has 1 unspecified atom stereocenters. The molecule has 0 aliphatic carbocycles. The van der Waals surface area contributed by atoms with E-state index < -0.39 is 0 Å². The van der Waals surface area contributed by atoms with Gasteiger partial charge in [-0.15, -0.1) is 0 Å². The van der Waals surface area contributed by atoms with E-state index in [1.807, 2.05) is 6.07 Å². The monoisotopic (exact) mass is 317 g/mol. The number of hydrogen-bond donors (Lipinski definition) is 0. The van der Waals surface area contributed by atoms with Crippen molar-refractivity contribution in [2.45, 2.75) is 52.5 Å². The maximum Gasteiger partial charge on any atom is 0.302 e. The lowest BCUT2D eigenvalue weighted by Crippen LogP contribution is -2.46. The molecule has 0 spiro atoms. The molecule has 0 aromatic heterocycles. The van der Waals surface area contributed by atoms with Gasteiger partial charge in [-0.2, -0.15) is 0 Å². The first-order valence-corrected chi connectivity index (χ1v) is 8.44. The molecule has 1 aliphatic rings. The van der Waals surface area contributed by atoms with Crippen molar-refractivity contribution in [1.29, 1.82) is 0 Å². The van der Waals surface area contributed by atoms with E-state index in [-0.39, 0.29) is 17.8 Å². The zero-order valence-electron chi connectivity index (χ0n) is 14.4. The summed E-state index contributed by atoms with van der Waals surface area (Å²) in [6.07, 6.45) is 3.59. The molecule has 1 aromatic carbocycles. The first-order valence-electron chi connectivity index (χ1n) is 8.44. The van der Waals surface area contributed by atoms with Gasteiger partial charge >= 0.3 is 5.97 Å². The molecule has 0 N–H and O–H groups in total. The highest BCUT2D eigenvalue weighted by Crippen LogP contribution is 2.21. The topological polar surface area (TPSA) is 46.6 Å². The van der Waals surface area contributed by atoms with Gasteiger partial charge in [-0.3, -0.25) is 14.5 Å². The first-order chi connectivity index (χ1) is 11.0. The van der Waals surface area contributed by atoms with E-state index in [2.05, 4.69) is 30.9 Å². The minimum absolute atomic E-state index is 0.0432. The molecule has 2 rings (SSSR count). The molecule has 0 radical (unpaired) electrons. The summed E-state index contributed by atoms with van der Waals surface area (Å²) in [6, 6.07) is 6.12. The Morgan fingerprint density at radius 3 is 2.57 bits per heavy atom. The molecule has 0 bridgehead atoms. The maximum absolute atomic E-state index is 12.8. The third-order valence-corrected chi connectivity index (χ3v) is 4.66. The molecule has 0 amide bonds. The number of benzene rings is 1. The molecule has 1 heterocycles. The molecule has 4 heteroatoms. The van der Waals surface area contributed by atoms with Crippen LogP contribution >= 0.6 is 0 Å². The number of ether oxygens (including phenoxy) is 1. The number of carbonyl (C=O) groups is 2. The van der Waals surface area contributed by atoms with Gasteiger partial charge in [0, 0.05) is 19.9 Å². The van der Waals surface area contributed by atoms with Crippen LogP contribution in [-0.4, -0.2) is 42.4 Å². The molecule has 1 fully saturated rings. The van der Waals surface area contributed by atoms with Gasteiger partial charge in [0.1, 0.15) is 6.61 Å². The zero-order chi connectivity index (χ0) is 16.8. The van der Waals surface area contributed by atoms with Crippen molar-refractivity contribution >= 4 is 11.8 Å². The summed E-state index contributed by atoms with van der Waals surface area (Å²) in [5.41, 5.74) is 3.52. The van der Waals surface area contributed by atoms with Crippen LogP contribution in [0.25, 0.3) is 0 Å². The average Bonchev–Trinajstić information content (AvgIpc) is 2.51. The van der Waals surface area contributed by atoms with Crippen LogP contribution in [0.5, 0.6) is 0 Å². The van der Waals surface area contributed by atoms with Crippen LogP contribution in [0.15, 0.2) is 18.2 Å². The number of likely N-dealkylation sites (tertiary alicyclic amines) is 1. The number of ketones is 1. The Kier molecular flexibility index (Phi) is 6.34. The summed E-state index contributed by atoms with van der Waals surface area (Å²) in [5, 5.41) is 0. The minimum atomic E-state index is -0.263. The smallest absolute Gasteiger partial charge is 0.302 e. The predicted octanol–water partition coefficient (Wildman–Crippen LogP) is 2.83. The van der Waals surface area contributed by atoms with Crippen LogP contribution in [0.4, 0.5) is 0 Å². The minimum Gasteiger partial charge on any atom is -0.465 e. The lowest BCUT2D eigenvalue weighted by Gasteiger charge is -2.34. The first kappa shape index (κ1) is 17.7. The molecule has 1 aromatic rings. The Balaban J connectivity index is 2.01. The van der Waals surface area contributed by atoms with E-state index in [0.717, 1.165) is 31.4 Å². The Hall–Kier alpha value is -1.68. The fraction of sp³-hybridized carbons (Fsp3) is 0.579.